The molecule has 0 saturated heterocycles. The van der Waals surface area contributed by atoms with Crippen molar-refractivity contribution in [3.8, 4) is 11.8 Å². The number of thiophene rings is 1. The highest BCUT2D eigenvalue weighted by atomic mass is 127. The van der Waals surface area contributed by atoms with Crippen LogP contribution in [0.1, 0.15) is 4.88 Å². The Labute approximate surface area is 99.3 Å². The normalized spacial score (nSPS) is 10.1. The number of rotatable bonds is 1. The first-order chi connectivity index (χ1) is 6.77. The topological polar surface area (TPSA) is 33.0 Å². The molecule has 70 valence electrons. The van der Waals surface area contributed by atoms with Gasteiger partial charge in [-0.25, -0.2) is 0 Å². The summed E-state index contributed by atoms with van der Waals surface area (Å²) in [6.45, 7) is 0. The molecule has 14 heavy (non-hydrogen) atoms. The van der Waals surface area contributed by atoms with Crippen LogP contribution in [0.4, 0.5) is 0 Å². The van der Waals surface area contributed by atoms with Crippen molar-refractivity contribution in [2.24, 2.45) is 0 Å². The van der Waals surface area contributed by atoms with Crippen molar-refractivity contribution < 1.29 is 4.74 Å². The molecule has 0 bridgehead atoms. The molecule has 0 aliphatic heterocycles. The number of nitrogens with zero attached hydrogens (tertiary/aromatic N) is 1. The minimum absolute atomic E-state index is 0.645. The van der Waals surface area contributed by atoms with E-state index in [-0.39, 0.29) is 0 Å². The molecule has 0 N–H and O–H groups in total. The predicted octanol–water partition coefficient (Wildman–Crippen LogP) is 3.39. The molecule has 0 saturated carbocycles. The standard InChI is InChI=1S/C10H6INOS/c1-13-10-8(5-12)14-7-4-2-3-6(11)9(7)10/h2-4H,1H3. The smallest absolute Gasteiger partial charge is 0.156 e. The first kappa shape index (κ1) is 9.74. The largest absolute Gasteiger partial charge is 0.494 e. The molecule has 2 nitrogen and oxygen atoms in total. The highest BCUT2D eigenvalue weighted by Gasteiger charge is 2.14. The van der Waals surface area contributed by atoms with Gasteiger partial charge in [-0.15, -0.1) is 11.3 Å². The van der Waals surface area contributed by atoms with E-state index in [1.54, 1.807) is 7.11 Å². The second-order valence-electron chi connectivity index (χ2n) is 2.69. The van der Waals surface area contributed by atoms with Gasteiger partial charge in [0.25, 0.3) is 0 Å². The molecular formula is C10H6INOS. The van der Waals surface area contributed by atoms with E-state index in [4.69, 9.17) is 10.00 Å². The van der Waals surface area contributed by atoms with E-state index >= 15 is 0 Å². The maximum atomic E-state index is 8.92. The van der Waals surface area contributed by atoms with Crippen LogP contribution in [0.3, 0.4) is 0 Å². The Hall–Kier alpha value is -0.800. The van der Waals surface area contributed by atoms with Gasteiger partial charge < -0.3 is 4.74 Å². The summed E-state index contributed by atoms with van der Waals surface area (Å²) in [5.74, 6) is 0.706. The molecule has 0 aliphatic rings. The third-order valence-electron chi connectivity index (χ3n) is 1.93. The zero-order valence-corrected chi connectivity index (χ0v) is 10.3. The van der Waals surface area contributed by atoms with E-state index in [1.165, 1.54) is 11.3 Å². The van der Waals surface area contributed by atoms with Crippen LogP contribution in [-0.2, 0) is 0 Å². The van der Waals surface area contributed by atoms with Crippen molar-refractivity contribution in [1.82, 2.24) is 0 Å². The van der Waals surface area contributed by atoms with Gasteiger partial charge in [0.2, 0.25) is 0 Å². The number of nitriles is 1. The van der Waals surface area contributed by atoms with E-state index in [2.05, 4.69) is 28.7 Å². The van der Waals surface area contributed by atoms with Gasteiger partial charge in [-0.1, -0.05) is 6.07 Å². The zero-order chi connectivity index (χ0) is 10.1. The maximum absolute atomic E-state index is 8.92. The highest BCUT2D eigenvalue weighted by Crippen LogP contribution is 2.39. The summed E-state index contributed by atoms with van der Waals surface area (Å²) in [4.78, 5) is 0.645. The summed E-state index contributed by atoms with van der Waals surface area (Å²) >= 11 is 3.73. The first-order valence-corrected chi connectivity index (χ1v) is 5.82. The van der Waals surface area contributed by atoms with Gasteiger partial charge in [-0.3, -0.25) is 0 Å². The van der Waals surface area contributed by atoms with Gasteiger partial charge in [0.05, 0.1) is 7.11 Å². The maximum Gasteiger partial charge on any atom is 0.156 e. The summed E-state index contributed by atoms with van der Waals surface area (Å²) in [6.07, 6.45) is 0. The lowest BCUT2D eigenvalue weighted by Gasteiger charge is -1.99. The van der Waals surface area contributed by atoms with E-state index in [9.17, 15) is 0 Å². The highest BCUT2D eigenvalue weighted by molar-refractivity contribution is 14.1. The molecule has 2 rings (SSSR count). The third-order valence-corrected chi connectivity index (χ3v) is 3.87. The average molecular weight is 315 g/mol. The Morgan fingerprint density at radius 3 is 2.93 bits per heavy atom. The van der Waals surface area contributed by atoms with Crippen LogP contribution in [0.25, 0.3) is 10.1 Å². The van der Waals surface area contributed by atoms with Crippen LogP contribution in [0.15, 0.2) is 18.2 Å². The molecule has 1 heterocycles. The van der Waals surface area contributed by atoms with Crippen LogP contribution < -0.4 is 4.74 Å². The molecular weight excluding hydrogens is 309 g/mol. The number of halogens is 1. The third kappa shape index (κ3) is 1.37. The molecule has 0 spiro atoms. The molecule has 1 aromatic heterocycles. The molecule has 4 heteroatoms. The molecule has 2 aromatic rings. The average Bonchev–Trinajstić information content (AvgIpc) is 2.56. The van der Waals surface area contributed by atoms with Crippen molar-refractivity contribution in [2.45, 2.75) is 0 Å². The summed E-state index contributed by atoms with van der Waals surface area (Å²) in [7, 11) is 1.60. The van der Waals surface area contributed by atoms with Crippen LogP contribution >= 0.6 is 33.9 Å². The fraction of sp³-hybridized carbons (Fsp3) is 0.100. The van der Waals surface area contributed by atoms with Gasteiger partial charge in [0, 0.05) is 13.7 Å². The lowest BCUT2D eigenvalue weighted by molar-refractivity contribution is 0.420. The second-order valence-corrected chi connectivity index (χ2v) is 4.90. The lowest BCUT2D eigenvalue weighted by atomic mass is 10.2. The molecule has 1 aromatic carbocycles. The zero-order valence-electron chi connectivity index (χ0n) is 7.37. The molecule has 0 amide bonds. The van der Waals surface area contributed by atoms with Crippen molar-refractivity contribution in [1.29, 1.82) is 5.26 Å². The molecule has 0 unspecified atom stereocenters. The molecule has 0 radical (unpaired) electrons. The Morgan fingerprint density at radius 2 is 2.29 bits per heavy atom. The quantitative estimate of drug-likeness (QED) is 0.756. The Morgan fingerprint density at radius 1 is 1.50 bits per heavy atom. The molecule has 0 fully saturated rings. The number of ether oxygens (including phenoxy) is 1. The Bertz CT molecular complexity index is 527. The number of benzene rings is 1. The number of fused-ring (bicyclic) bond motifs is 1. The van der Waals surface area contributed by atoms with E-state index < -0.39 is 0 Å². The lowest BCUT2D eigenvalue weighted by Crippen LogP contribution is -1.84. The number of hydrogen-bond donors (Lipinski definition) is 0. The summed E-state index contributed by atoms with van der Waals surface area (Å²) in [5.41, 5.74) is 0. The monoisotopic (exact) mass is 315 g/mol. The summed E-state index contributed by atoms with van der Waals surface area (Å²) in [6, 6.07) is 8.16. The van der Waals surface area contributed by atoms with E-state index in [0.29, 0.717) is 10.6 Å². The Kier molecular flexibility index (Phi) is 2.61. The number of hydrogen-bond acceptors (Lipinski definition) is 3. The minimum atomic E-state index is 0.645. The van der Waals surface area contributed by atoms with E-state index in [0.717, 1.165) is 13.7 Å². The molecule has 0 aliphatic carbocycles. The van der Waals surface area contributed by atoms with Crippen molar-refractivity contribution in [3.05, 3.63) is 26.6 Å². The van der Waals surface area contributed by atoms with E-state index in [1.807, 2.05) is 18.2 Å². The van der Waals surface area contributed by atoms with Crippen molar-refractivity contribution in [2.75, 3.05) is 7.11 Å². The number of methoxy groups -OCH3 is 1. The van der Waals surface area contributed by atoms with Crippen molar-refractivity contribution >= 4 is 44.0 Å². The van der Waals surface area contributed by atoms with Gasteiger partial charge in [-0.05, 0) is 34.7 Å². The van der Waals surface area contributed by atoms with Gasteiger partial charge in [0.15, 0.2) is 5.75 Å². The van der Waals surface area contributed by atoms with Gasteiger partial charge in [-0.2, -0.15) is 5.26 Å². The van der Waals surface area contributed by atoms with Crippen LogP contribution in [0.5, 0.6) is 5.75 Å². The Balaban J connectivity index is 2.90. The summed E-state index contributed by atoms with van der Waals surface area (Å²) < 4.78 is 7.48. The fourth-order valence-electron chi connectivity index (χ4n) is 1.35. The van der Waals surface area contributed by atoms with Gasteiger partial charge in [0.1, 0.15) is 10.9 Å². The molecule has 0 atom stereocenters. The van der Waals surface area contributed by atoms with Crippen molar-refractivity contribution in [3.63, 3.8) is 0 Å². The second kappa shape index (κ2) is 3.75. The van der Waals surface area contributed by atoms with Gasteiger partial charge >= 0.3 is 0 Å². The fourth-order valence-corrected chi connectivity index (χ4v) is 3.27. The SMILES string of the molecule is COc1c(C#N)sc2cccc(I)c12. The predicted molar refractivity (Wildman–Crippen MR) is 65.8 cm³/mol. The first-order valence-electron chi connectivity index (χ1n) is 3.93. The van der Waals surface area contributed by atoms with Crippen LogP contribution in [0, 0.1) is 14.9 Å². The van der Waals surface area contributed by atoms with Crippen LogP contribution in [0.2, 0.25) is 0 Å². The minimum Gasteiger partial charge on any atom is -0.494 e. The summed E-state index contributed by atoms with van der Waals surface area (Å²) in [5, 5.41) is 9.97. The van der Waals surface area contributed by atoms with Crippen LogP contribution in [-0.4, -0.2) is 7.11 Å².